The lowest BCUT2D eigenvalue weighted by atomic mass is 10.1. The third-order valence-corrected chi connectivity index (χ3v) is 6.10. The van der Waals surface area contributed by atoms with Crippen molar-refractivity contribution in [3.05, 3.63) is 63.1 Å². The summed E-state index contributed by atoms with van der Waals surface area (Å²) >= 11 is 17.9. The lowest BCUT2D eigenvalue weighted by Crippen LogP contribution is -2.32. The molecule has 1 unspecified atom stereocenters. The Bertz CT molecular complexity index is 904. The molecule has 0 heterocycles. The van der Waals surface area contributed by atoms with Crippen LogP contribution in [-0.2, 0) is 14.8 Å². The molecule has 2 N–H and O–H groups in total. The van der Waals surface area contributed by atoms with Gasteiger partial charge >= 0.3 is 0 Å². The van der Waals surface area contributed by atoms with Crippen molar-refractivity contribution < 1.29 is 13.2 Å². The number of halogens is 3. The molecule has 0 aliphatic rings. The highest BCUT2D eigenvalue weighted by Crippen LogP contribution is 2.26. The Morgan fingerprint density at radius 1 is 1.08 bits per heavy atom. The second-order valence-corrected chi connectivity index (χ2v) is 8.52. The second kappa shape index (κ2) is 9.06. The van der Waals surface area contributed by atoms with E-state index in [1.54, 1.807) is 37.3 Å². The molecule has 0 saturated heterocycles. The Morgan fingerprint density at radius 2 is 1.77 bits per heavy atom. The third-order valence-electron chi connectivity index (χ3n) is 3.58. The van der Waals surface area contributed by atoms with Gasteiger partial charge in [-0.15, -0.1) is 0 Å². The summed E-state index contributed by atoms with van der Waals surface area (Å²) in [5.74, 6) is -0.314. The molecule has 0 aromatic heterocycles. The summed E-state index contributed by atoms with van der Waals surface area (Å²) < 4.78 is 26.8. The molecule has 5 nitrogen and oxygen atoms in total. The van der Waals surface area contributed by atoms with E-state index in [-0.39, 0.29) is 34.8 Å². The minimum absolute atomic E-state index is 0.0246. The van der Waals surface area contributed by atoms with Gasteiger partial charge in [0.1, 0.15) is 4.90 Å². The highest BCUT2D eigenvalue weighted by atomic mass is 35.5. The lowest BCUT2D eigenvalue weighted by molar-refractivity contribution is -0.121. The molecule has 0 saturated carbocycles. The van der Waals surface area contributed by atoms with Gasteiger partial charge in [-0.05, 0) is 36.8 Å². The summed E-state index contributed by atoms with van der Waals surface area (Å²) in [5, 5.41) is 3.84. The van der Waals surface area contributed by atoms with Crippen molar-refractivity contribution in [3.8, 4) is 0 Å². The van der Waals surface area contributed by atoms with E-state index in [1.807, 2.05) is 0 Å². The summed E-state index contributed by atoms with van der Waals surface area (Å²) in [4.78, 5) is 12.0. The van der Waals surface area contributed by atoms with E-state index in [0.717, 1.165) is 5.56 Å². The standard InChI is InChI=1S/C17H17Cl3N2O3S/c1-11(13-7-6-12(18)10-15(13)20)22-17(23)8-9-21-26(24,25)16-5-3-2-4-14(16)19/h2-7,10-11,21H,8-9H2,1H3,(H,22,23). The number of carbonyl (C=O) groups excluding carboxylic acids is 1. The number of nitrogens with one attached hydrogen (secondary N) is 2. The molecular formula is C17H17Cl3N2O3S. The number of hydrogen-bond acceptors (Lipinski definition) is 3. The van der Waals surface area contributed by atoms with E-state index in [4.69, 9.17) is 34.8 Å². The molecule has 26 heavy (non-hydrogen) atoms. The maximum atomic E-state index is 12.2. The first-order chi connectivity index (χ1) is 12.2. The van der Waals surface area contributed by atoms with Gasteiger partial charge in [-0.1, -0.05) is 53.0 Å². The zero-order valence-electron chi connectivity index (χ0n) is 13.8. The van der Waals surface area contributed by atoms with Crippen LogP contribution in [0.1, 0.15) is 24.9 Å². The topological polar surface area (TPSA) is 75.3 Å². The minimum atomic E-state index is -3.78. The largest absolute Gasteiger partial charge is 0.349 e. The van der Waals surface area contributed by atoms with E-state index < -0.39 is 10.0 Å². The van der Waals surface area contributed by atoms with E-state index in [2.05, 4.69) is 10.0 Å². The van der Waals surface area contributed by atoms with Crippen LogP contribution in [0.15, 0.2) is 47.4 Å². The van der Waals surface area contributed by atoms with Gasteiger partial charge in [0.25, 0.3) is 0 Å². The molecule has 140 valence electrons. The fourth-order valence-electron chi connectivity index (χ4n) is 2.28. The minimum Gasteiger partial charge on any atom is -0.349 e. The van der Waals surface area contributed by atoms with Gasteiger partial charge < -0.3 is 5.32 Å². The van der Waals surface area contributed by atoms with Crippen LogP contribution >= 0.6 is 34.8 Å². The van der Waals surface area contributed by atoms with Crippen molar-refractivity contribution in [1.29, 1.82) is 0 Å². The van der Waals surface area contributed by atoms with Gasteiger partial charge in [-0.2, -0.15) is 0 Å². The predicted octanol–water partition coefficient (Wildman–Crippen LogP) is 4.19. The van der Waals surface area contributed by atoms with Crippen LogP contribution in [0.5, 0.6) is 0 Å². The fourth-order valence-corrected chi connectivity index (χ4v) is 4.40. The maximum Gasteiger partial charge on any atom is 0.242 e. The van der Waals surface area contributed by atoms with Crippen molar-refractivity contribution in [3.63, 3.8) is 0 Å². The number of amides is 1. The quantitative estimate of drug-likeness (QED) is 0.684. The Balaban J connectivity index is 1.90. The normalized spacial score (nSPS) is 12.6. The monoisotopic (exact) mass is 434 g/mol. The van der Waals surface area contributed by atoms with Gasteiger partial charge in [-0.25, -0.2) is 13.1 Å². The van der Waals surface area contributed by atoms with Gasteiger partial charge in [0.2, 0.25) is 15.9 Å². The maximum absolute atomic E-state index is 12.2. The van der Waals surface area contributed by atoms with Gasteiger partial charge in [0.15, 0.2) is 0 Å². The molecule has 2 rings (SSSR count). The SMILES string of the molecule is CC(NC(=O)CCNS(=O)(=O)c1ccccc1Cl)c1ccc(Cl)cc1Cl. The number of benzene rings is 2. The fraction of sp³-hybridized carbons (Fsp3) is 0.235. The zero-order valence-corrected chi connectivity index (χ0v) is 16.9. The summed E-state index contributed by atoms with van der Waals surface area (Å²) in [5.41, 5.74) is 0.723. The molecule has 0 spiro atoms. The average molecular weight is 436 g/mol. The Labute approximate surface area is 167 Å². The summed E-state index contributed by atoms with van der Waals surface area (Å²) in [6.45, 7) is 1.72. The van der Waals surface area contributed by atoms with Gasteiger partial charge in [-0.3, -0.25) is 4.79 Å². The predicted molar refractivity (Wildman–Crippen MR) is 104 cm³/mol. The molecule has 0 aliphatic heterocycles. The van der Waals surface area contributed by atoms with Crippen LogP contribution in [0.3, 0.4) is 0 Å². The molecule has 2 aromatic rings. The van der Waals surface area contributed by atoms with Crippen molar-refractivity contribution in [2.75, 3.05) is 6.54 Å². The summed E-state index contributed by atoms with van der Waals surface area (Å²) in [6, 6.07) is 10.8. The Kier molecular flexibility index (Phi) is 7.32. The van der Waals surface area contributed by atoms with E-state index in [0.29, 0.717) is 10.0 Å². The molecule has 2 aromatic carbocycles. The highest BCUT2D eigenvalue weighted by molar-refractivity contribution is 7.89. The van der Waals surface area contributed by atoms with Crippen LogP contribution in [0.4, 0.5) is 0 Å². The van der Waals surface area contributed by atoms with E-state index >= 15 is 0 Å². The van der Waals surface area contributed by atoms with Gasteiger partial charge in [0, 0.05) is 23.0 Å². The van der Waals surface area contributed by atoms with Crippen LogP contribution in [-0.4, -0.2) is 20.9 Å². The Hall–Kier alpha value is -1.31. The smallest absolute Gasteiger partial charge is 0.242 e. The molecule has 1 amide bonds. The highest BCUT2D eigenvalue weighted by Gasteiger charge is 2.18. The number of sulfonamides is 1. The van der Waals surface area contributed by atoms with Crippen molar-refractivity contribution in [1.82, 2.24) is 10.0 Å². The Morgan fingerprint density at radius 3 is 2.42 bits per heavy atom. The van der Waals surface area contributed by atoms with Gasteiger partial charge in [0.05, 0.1) is 11.1 Å². The molecular weight excluding hydrogens is 419 g/mol. The zero-order chi connectivity index (χ0) is 19.3. The second-order valence-electron chi connectivity index (χ2n) is 5.53. The first-order valence-corrected chi connectivity index (χ1v) is 10.3. The van der Waals surface area contributed by atoms with Crippen LogP contribution < -0.4 is 10.0 Å². The summed E-state index contributed by atoms with van der Waals surface area (Å²) in [7, 11) is -3.78. The number of hydrogen-bond donors (Lipinski definition) is 2. The average Bonchev–Trinajstić information content (AvgIpc) is 2.54. The van der Waals surface area contributed by atoms with E-state index in [1.165, 1.54) is 12.1 Å². The first-order valence-electron chi connectivity index (χ1n) is 7.69. The summed E-state index contributed by atoms with van der Waals surface area (Å²) in [6.07, 6.45) is -0.0285. The molecule has 0 radical (unpaired) electrons. The van der Waals surface area contributed by atoms with Crippen molar-refractivity contribution >= 4 is 50.7 Å². The molecule has 0 bridgehead atoms. The first kappa shape index (κ1) is 21.0. The van der Waals surface area contributed by atoms with Crippen LogP contribution in [0.2, 0.25) is 15.1 Å². The lowest BCUT2D eigenvalue weighted by Gasteiger charge is -2.16. The molecule has 9 heteroatoms. The molecule has 1 atom stereocenters. The molecule has 0 fully saturated rings. The number of carbonyl (C=O) groups is 1. The number of rotatable bonds is 7. The van der Waals surface area contributed by atoms with Crippen LogP contribution in [0, 0.1) is 0 Å². The van der Waals surface area contributed by atoms with Crippen LogP contribution in [0.25, 0.3) is 0 Å². The van der Waals surface area contributed by atoms with E-state index in [9.17, 15) is 13.2 Å². The van der Waals surface area contributed by atoms with Crippen molar-refractivity contribution in [2.45, 2.75) is 24.3 Å². The third kappa shape index (κ3) is 5.59. The molecule has 0 aliphatic carbocycles. The van der Waals surface area contributed by atoms with Crippen molar-refractivity contribution in [2.24, 2.45) is 0 Å².